The zero-order valence-electron chi connectivity index (χ0n) is 10.3. The predicted octanol–water partition coefficient (Wildman–Crippen LogP) is 1.19. The first-order valence-electron chi connectivity index (χ1n) is 5.84. The Hall–Kier alpha value is -1.55. The van der Waals surface area contributed by atoms with Gasteiger partial charge in [-0.2, -0.15) is 0 Å². The number of carbonyl (C=O) groups excluding carboxylic acids is 1. The number of nitrogens with one attached hydrogen (secondary N) is 1. The number of hydrogen-bond donors (Lipinski definition) is 1. The molecule has 1 amide bonds. The van der Waals surface area contributed by atoms with Gasteiger partial charge in [0, 0.05) is 32.1 Å². The van der Waals surface area contributed by atoms with E-state index in [1.165, 1.54) is 0 Å². The van der Waals surface area contributed by atoms with Gasteiger partial charge >= 0.3 is 0 Å². The van der Waals surface area contributed by atoms with Crippen molar-refractivity contribution in [1.29, 1.82) is 0 Å². The lowest BCUT2D eigenvalue weighted by Gasteiger charge is -2.33. The summed E-state index contributed by atoms with van der Waals surface area (Å²) in [6.45, 7) is 3.92. The van der Waals surface area contributed by atoms with Gasteiger partial charge in [-0.3, -0.25) is 4.79 Å². The number of nitrogens with zero attached hydrogens (tertiary/aromatic N) is 1. The summed E-state index contributed by atoms with van der Waals surface area (Å²) in [5.41, 5.74) is 1.11. The maximum absolute atomic E-state index is 11.4. The van der Waals surface area contributed by atoms with Crippen molar-refractivity contribution in [3.8, 4) is 5.75 Å². The van der Waals surface area contributed by atoms with E-state index in [-0.39, 0.29) is 11.9 Å². The second-order valence-electron chi connectivity index (χ2n) is 4.21. The molecule has 1 unspecified atom stereocenters. The summed E-state index contributed by atoms with van der Waals surface area (Å²) >= 11 is 0. The molecule has 1 N–H and O–H groups in total. The molecule has 1 fully saturated rings. The minimum absolute atomic E-state index is 0.131. The highest BCUT2D eigenvalue weighted by molar-refractivity contribution is 5.73. The summed E-state index contributed by atoms with van der Waals surface area (Å²) in [7, 11) is 1.67. The van der Waals surface area contributed by atoms with Crippen LogP contribution in [-0.4, -0.2) is 37.6 Å². The molecule has 0 spiro atoms. The van der Waals surface area contributed by atoms with E-state index in [0.29, 0.717) is 6.54 Å². The van der Waals surface area contributed by atoms with Crippen LogP contribution in [0.4, 0.5) is 0 Å². The smallest absolute Gasteiger partial charge is 0.219 e. The van der Waals surface area contributed by atoms with E-state index in [1.54, 1.807) is 14.0 Å². The summed E-state index contributed by atoms with van der Waals surface area (Å²) in [4.78, 5) is 13.3. The third-order valence-corrected chi connectivity index (χ3v) is 3.14. The van der Waals surface area contributed by atoms with Gasteiger partial charge in [0.1, 0.15) is 5.75 Å². The third kappa shape index (κ3) is 2.58. The number of amides is 1. The fourth-order valence-corrected chi connectivity index (χ4v) is 2.20. The number of carbonyl (C=O) groups is 1. The van der Waals surface area contributed by atoms with Crippen LogP contribution in [0.2, 0.25) is 0 Å². The molecule has 0 aromatic heterocycles. The molecule has 4 heteroatoms. The fraction of sp³-hybridized carbons (Fsp3) is 0.462. The summed E-state index contributed by atoms with van der Waals surface area (Å²) in [6, 6.07) is 8.09. The monoisotopic (exact) mass is 234 g/mol. The number of piperazine rings is 1. The number of methoxy groups -OCH3 is 1. The van der Waals surface area contributed by atoms with Crippen LogP contribution in [0.15, 0.2) is 24.3 Å². The van der Waals surface area contributed by atoms with Crippen LogP contribution in [0.1, 0.15) is 18.5 Å². The van der Waals surface area contributed by atoms with Crippen molar-refractivity contribution in [1.82, 2.24) is 10.2 Å². The Morgan fingerprint density at radius 3 is 2.94 bits per heavy atom. The number of para-hydroxylation sites is 1. The van der Waals surface area contributed by atoms with Gasteiger partial charge in [0.2, 0.25) is 5.91 Å². The lowest BCUT2D eigenvalue weighted by molar-refractivity contribution is -0.130. The molecule has 4 nitrogen and oxygen atoms in total. The largest absolute Gasteiger partial charge is 0.496 e. The number of hydrogen-bond acceptors (Lipinski definition) is 3. The molecule has 1 heterocycles. The minimum Gasteiger partial charge on any atom is -0.496 e. The Bertz CT molecular complexity index is 406. The van der Waals surface area contributed by atoms with E-state index in [2.05, 4.69) is 5.32 Å². The van der Waals surface area contributed by atoms with E-state index in [0.717, 1.165) is 24.4 Å². The van der Waals surface area contributed by atoms with E-state index in [1.807, 2.05) is 29.2 Å². The first kappa shape index (κ1) is 11.9. The highest BCUT2D eigenvalue weighted by Crippen LogP contribution is 2.26. The Balaban J connectivity index is 2.18. The second-order valence-corrected chi connectivity index (χ2v) is 4.21. The maximum Gasteiger partial charge on any atom is 0.219 e. The Kier molecular flexibility index (Phi) is 3.64. The van der Waals surface area contributed by atoms with Crippen molar-refractivity contribution in [2.75, 3.05) is 26.7 Å². The molecule has 1 atom stereocenters. The van der Waals surface area contributed by atoms with Gasteiger partial charge < -0.3 is 15.0 Å². The van der Waals surface area contributed by atoms with Crippen LogP contribution in [0.5, 0.6) is 5.75 Å². The molecule has 1 aliphatic rings. The summed E-state index contributed by atoms with van der Waals surface area (Å²) in [6.07, 6.45) is 0. The van der Waals surface area contributed by atoms with E-state index in [4.69, 9.17) is 4.74 Å². The molecule has 1 aromatic carbocycles. The molecular formula is C13H18N2O2. The first-order chi connectivity index (χ1) is 8.22. The lowest BCUT2D eigenvalue weighted by Crippen LogP contribution is -2.47. The van der Waals surface area contributed by atoms with Gasteiger partial charge in [-0.15, -0.1) is 0 Å². The highest BCUT2D eigenvalue weighted by atomic mass is 16.5. The number of rotatable bonds is 2. The molecule has 17 heavy (non-hydrogen) atoms. The SMILES string of the molecule is COc1ccccc1C1CN(C(C)=O)CCN1. The van der Waals surface area contributed by atoms with Crippen molar-refractivity contribution in [3.63, 3.8) is 0 Å². The first-order valence-corrected chi connectivity index (χ1v) is 5.84. The zero-order valence-corrected chi connectivity index (χ0v) is 10.3. The lowest BCUT2D eigenvalue weighted by atomic mass is 10.0. The summed E-state index contributed by atoms with van der Waals surface area (Å²) in [5, 5.41) is 3.42. The molecule has 0 radical (unpaired) electrons. The van der Waals surface area contributed by atoms with Crippen LogP contribution in [0.25, 0.3) is 0 Å². The number of ether oxygens (including phenoxy) is 1. The maximum atomic E-state index is 11.4. The molecule has 1 aromatic rings. The Morgan fingerprint density at radius 2 is 2.24 bits per heavy atom. The van der Waals surface area contributed by atoms with Gasteiger partial charge in [0.05, 0.1) is 13.2 Å². The summed E-state index contributed by atoms with van der Waals surface area (Å²) in [5.74, 6) is 1.00. The van der Waals surface area contributed by atoms with Crippen molar-refractivity contribution < 1.29 is 9.53 Å². The quantitative estimate of drug-likeness (QED) is 0.835. The Morgan fingerprint density at radius 1 is 1.47 bits per heavy atom. The topological polar surface area (TPSA) is 41.6 Å². The van der Waals surface area contributed by atoms with Gasteiger partial charge in [0.15, 0.2) is 0 Å². The van der Waals surface area contributed by atoms with Crippen molar-refractivity contribution in [2.24, 2.45) is 0 Å². The van der Waals surface area contributed by atoms with Crippen LogP contribution in [0, 0.1) is 0 Å². The van der Waals surface area contributed by atoms with Gasteiger partial charge in [0.25, 0.3) is 0 Å². The Labute approximate surface area is 102 Å². The zero-order chi connectivity index (χ0) is 12.3. The minimum atomic E-state index is 0.131. The predicted molar refractivity (Wildman–Crippen MR) is 66.0 cm³/mol. The van der Waals surface area contributed by atoms with Gasteiger partial charge in [-0.1, -0.05) is 18.2 Å². The second kappa shape index (κ2) is 5.19. The molecule has 92 valence electrons. The van der Waals surface area contributed by atoms with Crippen molar-refractivity contribution in [2.45, 2.75) is 13.0 Å². The van der Waals surface area contributed by atoms with Gasteiger partial charge in [-0.05, 0) is 6.07 Å². The van der Waals surface area contributed by atoms with Crippen molar-refractivity contribution >= 4 is 5.91 Å². The number of benzene rings is 1. The standard InChI is InChI=1S/C13H18N2O2/c1-10(16)15-8-7-14-12(9-15)11-5-3-4-6-13(11)17-2/h3-6,12,14H,7-9H2,1-2H3. The molecule has 0 bridgehead atoms. The molecule has 1 aliphatic heterocycles. The van der Waals surface area contributed by atoms with Crippen LogP contribution in [-0.2, 0) is 4.79 Å². The van der Waals surface area contributed by atoms with Crippen LogP contribution < -0.4 is 10.1 Å². The van der Waals surface area contributed by atoms with E-state index < -0.39 is 0 Å². The van der Waals surface area contributed by atoms with E-state index in [9.17, 15) is 4.79 Å². The molecule has 2 rings (SSSR count). The average Bonchev–Trinajstić information content (AvgIpc) is 2.39. The summed E-state index contributed by atoms with van der Waals surface area (Å²) < 4.78 is 5.35. The van der Waals surface area contributed by atoms with E-state index >= 15 is 0 Å². The molecule has 0 saturated carbocycles. The highest BCUT2D eigenvalue weighted by Gasteiger charge is 2.24. The fourth-order valence-electron chi connectivity index (χ4n) is 2.20. The van der Waals surface area contributed by atoms with Crippen LogP contribution >= 0.6 is 0 Å². The average molecular weight is 234 g/mol. The normalized spacial score (nSPS) is 20.1. The van der Waals surface area contributed by atoms with Crippen molar-refractivity contribution in [3.05, 3.63) is 29.8 Å². The molecular weight excluding hydrogens is 216 g/mol. The molecule has 1 saturated heterocycles. The van der Waals surface area contributed by atoms with Crippen LogP contribution in [0.3, 0.4) is 0 Å². The molecule has 0 aliphatic carbocycles. The third-order valence-electron chi connectivity index (χ3n) is 3.14. The van der Waals surface area contributed by atoms with Gasteiger partial charge in [-0.25, -0.2) is 0 Å².